The van der Waals surface area contributed by atoms with Crippen LogP contribution in [0.1, 0.15) is 33.6 Å². The highest BCUT2D eigenvalue weighted by atomic mass is 16.6. The molecule has 1 saturated heterocycles. The van der Waals surface area contributed by atoms with E-state index in [1.807, 2.05) is 20.8 Å². The Morgan fingerprint density at radius 3 is 2.39 bits per heavy atom. The molecule has 104 valence electrons. The van der Waals surface area contributed by atoms with Gasteiger partial charge in [-0.2, -0.15) is 0 Å². The van der Waals surface area contributed by atoms with Crippen LogP contribution in [0.2, 0.25) is 0 Å². The third kappa shape index (κ3) is 5.40. The van der Waals surface area contributed by atoms with Crippen molar-refractivity contribution in [2.24, 2.45) is 5.73 Å². The molecule has 5 heteroatoms. The molecule has 1 heterocycles. The van der Waals surface area contributed by atoms with Crippen LogP contribution in [0.3, 0.4) is 0 Å². The molecule has 0 aromatic carbocycles. The van der Waals surface area contributed by atoms with Gasteiger partial charge in [-0.1, -0.05) is 6.58 Å². The van der Waals surface area contributed by atoms with E-state index in [0.29, 0.717) is 25.4 Å². The fourth-order valence-corrected chi connectivity index (χ4v) is 1.76. The Kier molecular flexibility index (Phi) is 5.02. The van der Waals surface area contributed by atoms with E-state index in [9.17, 15) is 4.79 Å². The first-order valence-corrected chi connectivity index (χ1v) is 6.31. The Hall–Kier alpha value is -1.23. The monoisotopic (exact) mass is 256 g/mol. The van der Waals surface area contributed by atoms with E-state index in [1.165, 1.54) is 0 Å². The molecule has 5 nitrogen and oxygen atoms in total. The maximum Gasteiger partial charge on any atom is 0.410 e. The van der Waals surface area contributed by atoms with Crippen LogP contribution >= 0.6 is 0 Å². The number of rotatable bonds is 3. The van der Waals surface area contributed by atoms with Crippen molar-refractivity contribution < 1.29 is 14.3 Å². The van der Waals surface area contributed by atoms with Crippen LogP contribution in [0, 0.1) is 0 Å². The minimum Gasteiger partial charge on any atom is -0.444 e. The molecule has 18 heavy (non-hydrogen) atoms. The molecule has 0 saturated carbocycles. The quantitative estimate of drug-likeness (QED) is 0.837. The highest BCUT2D eigenvalue weighted by molar-refractivity contribution is 5.68. The van der Waals surface area contributed by atoms with Crippen LogP contribution in [-0.4, -0.2) is 42.4 Å². The largest absolute Gasteiger partial charge is 0.444 e. The van der Waals surface area contributed by atoms with E-state index in [1.54, 1.807) is 4.90 Å². The minimum absolute atomic E-state index is 0.156. The van der Waals surface area contributed by atoms with Gasteiger partial charge in [0, 0.05) is 18.8 Å². The maximum absolute atomic E-state index is 11.8. The van der Waals surface area contributed by atoms with Crippen LogP contribution in [0.4, 0.5) is 4.79 Å². The minimum atomic E-state index is -0.443. The number of likely N-dealkylation sites (tertiary alicyclic amines) is 1. The van der Waals surface area contributed by atoms with Crippen LogP contribution < -0.4 is 5.73 Å². The van der Waals surface area contributed by atoms with Gasteiger partial charge in [0.2, 0.25) is 0 Å². The molecule has 1 aliphatic heterocycles. The number of piperidine rings is 1. The molecule has 1 amide bonds. The van der Waals surface area contributed by atoms with E-state index in [-0.39, 0.29) is 12.2 Å². The summed E-state index contributed by atoms with van der Waals surface area (Å²) in [6, 6.07) is 0. The van der Waals surface area contributed by atoms with Crippen LogP contribution in [-0.2, 0) is 9.47 Å². The summed E-state index contributed by atoms with van der Waals surface area (Å²) in [6.45, 7) is 10.9. The first kappa shape index (κ1) is 14.8. The lowest BCUT2D eigenvalue weighted by Gasteiger charge is -2.33. The highest BCUT2D eigenvalue weighted by Gasteiger charge is 2.26. The Morgan fingerprint density at radius 2 is 1.94 bits per heavy atom. The van der Waals surface area contributed by atoms with Crippen molar-refractivity contribution in [3.63, 3.8) is 0 Å². The summed E-state index contributed by atoms with van der Waals surface area (Å²) in [6.07, 6.45) is 1.53. The fraction of sp³-hybridized carbons (Fsp3) is 0.769. The van der Waals surface area contributed by atoms with Gasteiger partial charge in [0.05, 0.1) is 12.7 Å². The molecule has 1 fully saturated rings. The normalized spacial score (nSPS) is 17.6. The summed E-state index contributed by atoms with van der Waals surface area (Å²) in [4.78, 5) is 13.5. The summed E-state index contributed by atoms with van der Waals surface area (Å²) in [5, 5.41) is 0. The lowest BCUT2D eigenvalue weighted by atomic mass is 10.1. The predicted octanol–water partition coefficient (Wildman–Crippen LogP) is 1.87. The Morgan fingerprint density at radius 1 is 1.39 bits per heavy atom. The number of nitrogens with zero attached hydrogens (tertiary/aromatic N) is 1. The first-order chi connectivity index (χ1) is 8.28. The third-order valence-electron chi connectivity index (χ3n) is 2.60. The van der Waals surface area contributed by atoms with Gasteiger partial charge in [-0.15, -0.1) is 0 Å². The van der Waals surface area contributed by atoms with Crippen molar-refractivity contribution in [3.05, 3.63) is 12.3 Å². The summed E-state index contributed by atoms with van der Waals surface area (Å²) >= 11 is 0. The topological polar surface area (TPSA) is 64.8 Å². The van der Waals surface area contributed by atoms with E-state index in [4.69, 9.17) is 15.2 Å². The molecule has 0 atom stereocenters. The van der Waals surface area contributed by atoms with Gasteiger partial charge in [-0.3, -0.25) is 0 Å². The second-order valence-corrected chi connectivity index (χ2v) is 5.64. The highest BCUT2D eigenvalue weighted by Crippen LogP contribution is 2.17. The molecule has 0 aliphatic carbocycles. The van der Waals surface area contributed by atoms with E-state index in [2.05, 4.69) is 6.58 Å². The smallest absolute Gasteiger partial charge is 0.410 e. The summed E-state index contributed by atoms with van der Waals surface area (Å²) in [5.41, 5.74) is 5.54. The predicted molar refractivity (Wildman–Crippen MR) is 70.1 cm³/mol. The van der Waals surface area contributed by atoms with Crippen molar-refractivity contribution in [3.8, 4) is 0 Å². The number of carbonyl (C=O) groups excluding carboxylic acids is 1. The zero-order chi connectivity index (χ0) is 13.8. The van der Waals surface area contributed by atoms with Crippen molar-refractivity contribution in [1.82, 2.24) is 4.90 Å². The van der Waals surface area contributed by atoms with E-state index in [0.717, 1.165) is 12.8 Å². The van der Waals surface area contributed by atoms with Gasteiger partial charge in [0.1, 0.15) is 5.60 Å². The number of hydrogen-bond acceptors (Lipinski definition) is 4. The third-order valence-corrected chi connectivity index (χ3v) is 2.60. The van der Waals surface area contributed by atoms with Crippen molar-refractivity contribution in [2.75, 3.05) is 19.7 Å². The first-order valence-electron chi connectivity index (χ1n) is 6.31. The van der Waals surface area contributed by atoms with Gasteiger partial charge >= 0.3 is 6.09 Å². The van der Waals surface area contributed by atoms with Gasteiger partial charge in [-0.25, -0.2) is 4.79 Å². The van der Waals surface area contributed by atoms with E-state index < -0.39 is 5.60 Å². The van der Waals surface area contributed by atoms with Crippen molar-refractivity contribution in [1.29, 1.82) is 0 Å². The van der Waals surface area contributed by atoms with Gasteiger partial charge < -0.3 is 20.1 Å². The fourth-order valence-electron chi connectivity index (χ4n) is 1.76. The lowest BCUT2D eigenvalue weighted by molar-refractivity contribution is -0.00609. The molecule has 0 aromatic heterocycles. The average molecular weight is 256 g/mol. The van der Waals surface area contributed by atoms with Gasteiger partial charge in [0.15, 0.2) is 0 Å². The molecule has 0 bridgehead atoms. The number of ether oxygens (including phenoxy) is 2. The SMILES string of the molecule is C=C(N)COC1CCN(C(=O)OC(C)(C)C)CC1. The average Bonchev–Trinajstić information content (AvgIpc) is 2.24. The molecule has 0 aromatic rings. The molecule has 0 spiro atoms. The van der Waals surface area contributed by atoms with Gasteiger partial charge in [0.25, 0.3) is 0 Å². The Balaban J connectivity index is 2.30. The number of amides is 1. The molecule has 0 unspecified atom stereocenters. The molecular formula is C13H24N2O3. The summed E-state index contributed by atoms with van der Waals surface area (Å²) in [5.74, 6) is 0. The van der Waals surface area contributed by atoms with Crippen LogP contribution in [0.25, 0.3) is 0 Å². The zero-order valence-corrected chi connectivity index (χ0v) is 11.6. The van der Waals surface area contributed by atoms with E-state index >= 15 is 0 Å². The zero-order valence-electron chi connectivity index (χ0n) is 11.6. The molecule has 0 radical (unpaired) electrons. The molecular weight excluding hydrogens is 232 g/mol. The summed E-state index contributed by atoms with van der Waals surface area (Å²) in [7, 11) is 0. The molecule has 1 rings (SSSR count). The summed E-state index contributed by atoms with van der Waals surface area (Å²) < 4.78 is 10.9. The second kappa shape index (κ2) is 6.09. The molecule has 2 N–H and O–H groups in total. The number of carbonyl (C=O) groups is 1. The van der Waals surface area contributed by atoms with Crippen LogP contribution in [0.5, 0.6) is 0 Å². The maximum atomic E-state index is 11.8. The Bertz CT molecular complexity index is 302. The number of nitrogens with two attached hydrogens (primary N) is 1. The molecule has 1 aliphatic rings. The number of hydrogen-bond donors (Lipinski definition) is 1. The van der Waals surface area contributed by atoms with Gasteiger partial charge in [-0.05, 0) is 33.6 Å². The van der Waals surface area contributed by atoms with Crippen LogP contribution in [0.15, 0.2) is 12.3 Å². The van der Waals surface area contributed by atoms with Crippen molar-refractivity contribution >= 4 is 6.09 Å². The standard InChI is InChI=1S/C13H24N2O3/c1-10(14)9-17-11-5-7-15(8-6-11)12(16)18-13(2,3)4/h11H,1,5-9,14H2,2-4H3. The Labute approximate surface area is 109 Å². The lowest BCUT2D eigenvalue weighted by Crippen LogP contribution is -2.43. The van der Waals surface area contributed by atoms with Crippen molar-refractivity contribution in [2.45, 2.75) is 45.3 Å². The second-order valence-electron chi connectivity index (χ2n) is 5.64.